The van der Waals surface area contributed by atoms with E-state index in [1.54, 1.807) is 13.8 Å². The van der Waals surface area contributed by atoms with Gasteiger partial charge in [-0.15, -0.1) is 0 Å². The molecule has 0 aliphatic carbocycles. The van der Waals surface area contributed by atoms with Crippen molar-refractivity contribution in [2.45, 2.75) is 39.5 Å². The summed E-state index contributed by atoms with van der Waals surface area (Å²) in [6, 6.07) is 1.79. The Labute approximate surface area is 187 Å². The Kier molecular flexibility index (Phi) is 10.5. The van der Waals surface area contributed by atoms with Crippen LogP contribution in [0.4, 0.5) is 0 Å². The molecule has 0 saturated heterocycles. The number of benzene rings is 2. The predicted octanol–water partition coefficient (Wildman–Crippen LogP) is 1.64. The Morgan fingerprint density at radius 1 is 0.742 bits per heavy atom. The molecule has 31 heavy (non-hydrogen) atoms. The van der Waals surface area contributed by atoms with Crippen LogP contribution in [0.2, 0.25) is 0 Å². The summed E-state index contributed by atoms with van der Waals surface area (Å²) in [7, 11) is 0. The van der Waals surface area contributed by atoms with Gasteiger partial charge in [0.15, 0.2) is 11.5 Å². The van der Waals surface area contributed by atoms with Gasteiger partial charge in [0.05, 0.1) is 11.1 Å². The fraction of sp³-hybridized carbons (Fsp3) is 0.300. The summed E-state index contributed by atoms with van der Waals surface area (Å²) >= 11 is 0. The van der Waals surface area contributed by atoms with Crippen LogP contribution in [-0.4, -0.2) is 42.6 Å². The number of carboxylic acid groups (broad SMARTS) is 2. The molecule has 0 amide bonds. The summed E-state index contributed by atoms with van der Waals surface area (Å²) in [5, 5.41) is 77.0. The van der Waals surface area contributed by atoms with Gasteiger partial charge in [0, 0.05) is 0 Å². The standard InChI is InChI=1S/2C10H12O5.Co/c2*1-2-3-5-6(10(14)15)4-7(11)9(13)8(5)12;/h2*4,11-13H,2-3H2,1H3,(H,14,15);/q;;+2/p-2. The number of aromatic carboxylic acids is 2. The molecule has 0 spiro atoms. The van der Waals surface area contributed by atoms with E-state index >= 15 is 0 Å². The molecule has 0 bridgehead atoms. The van der Waals surface area contributed by atoms with Gasteiger partial charge in [-0.2, -0.15) is 0 Å². The van der Waals surface area contributed by atoms with Crippen LogP contribution in [0.5, 0.6) is 34.5 Å². The molecule has 2 aromatic rings. The second-order valence-corrected chi connectivity index (χ2v) is 6.31. The number of rotatable bonds is 6. The largest absolute Gasteiger partial charge is 2.00 e. The Morgan fingerprint density at radius 2 is 1.03 bits per heavy atom. The average molecular weight is 481 g/mol. The number of phenolic OH excluding ortho intramolecular Hbond substituents is 4. The second kappa shape index (κ2) is 11.8. The van der Waals surface area contributed by atoms with Gasteiger partial charge >= 0.3 is 28.7 Å². The second-order valence-electron chi connectivity index (χ2n) is 6.31. The van der Waals surface area contributed by atoms with Crippen molar-refractivity contribution in [3.05, 3.63) is 34.4 Å². The van der Waals surface area contributed by atoms with Crippen LogP contribution in [0.25, 0.3) is 0 Å². The molecular weight excluding hydrogens is 459 g/mol. The maximum absolute atomic E-state index is 11.4. The van der Waals surface area contributed by atoms with Crippen molar-refractivity contribution in [3.63, 3.8) is 0 Å². The summed E-state index contributed by atoms with van der Waals surface area (Å²) in [4.78, 5) is 21.6. The van der Waals surface area contributed by atoms with Gasteiger partial charge in [0.1, 0.15) is 11.5 Å². The Hall–Kier alpha value is -3.31. The molecule has 0 atom stereocenters. The maximum atomic E-state index is 11.4. The summed E-state index contributed by atoms with van der Waals surface area (Å²) in [6.07, 6.45) is 1.68. The molecule has 0 aromatic heterocycles. The molecule has 171 valence electrons. The van der Waals surface area contributed by atoms with Crippen molar-refractivity contribution in [2.75, 3.05) is 0 Å². The van der Waals surface area contributed by atoms with Gasteiger partial charge < -0.3 is 40.9 Å². The van der Waals surface area contributed by atoms with E-state index in [-0.39, 0.29) is 51.9 Å². The number of aromatic hydroxyl groups is 4. The Morgan fingerprint density at radius 3 is 1.26 bits per heavy atom. The van der Waals surface area contributed by atoms with Crippen molar-refractivity contribution in [3.8, 4) is 34.5 Å². The third-order valence-corrected chi connectivity index (χ3v) is 4.14. The van der Waals surface area contributed by atoms with E-state index in [1.807, 2.05) is 0 Å². The first-order chi connectivity index (χ1) is 14.0. The minimum atomic E-state index is -1.29. The van der Waals surface area contributed by atoms with E-state index in [4.69, 9.17) is 30.6 Å². The van der Waals surface area contributed by atoms with Gasteiger partial charge in [0.25, 0.3) is 0 Å². The molecule has 10 nitrogen and oxygen atoms in total. The van der Waals surface area contributed by atoms with Crippen molar-refractivity contribution >= 4 is 11.9 Å². The van der Waals surface area contributed by atoms with E-state index in [2.05, 4.69) is 0 Å². The molecule has 0 heterocycles. The molecular formula is C20H22CoO10. The van der Waals surface area contributed by atoms with E-state index in [0.717, 1.165) is 12.1 Å². The van der Waals surface area contributed by atoms with Gasteiger partial charge in [-0.1, -0.05) is 38.2 Å². The van der Waals surface area contributed by atoms with E-state index < -0.39 is 46.4 Å². The summed E-state index contributed by atoms with van der Waals surface area (Å²) in [5.41, 5.74) is -0.449. The average Bonchev–Trinajstić information content (AvgIpc) is 2.68. The summed E-state index contributed by atoms with van der Waals surface area (Å²) in [6.45, 7) is 3.57. The van der Waals surface area contributed by atoms with Crippen LogP contribution in [0.15, 0.2) is 12.1 Å². The molecule has 0 aliphatic heterocycles. The molecule has 1 radical (unpaired) electrons. The normalized spacial score (nSPS) is 9.87. The van der Waals surface area contributed by atoms with E-state index in [0.29, 0.717) is 12.8 Å². The smallest absolute Gasteiger partial charge is 0.870 e. The number of carbonyl (C=O) groups is 2. The number of hydrogen-bond acceptors (Lipinski definition) is 8. The van der Waals surface area contributed by atoms with E-state index in [9.17, 15) is 19.8 Å². The molecule has 11 heteroatoms. The van der Waals surface area contributed by atoms with Crippen LogP contribution in [0, 0.1) is 0 Å². The third kappa shape index (κ3) is 6.33. The SMILES string of the molecule is CCCc1c(C(=O)O)cc(O)c(O)c1[O-].CCCc1c(C(=O)O)cc(O)c(O)c1[O-].[Co+2]. The van der Waals surface area contributed by atoms with Gasteiger partial charge in [-0.3, -0.25) is 0 Å². The van der Waals surface area contributed by atoms with Gasteiger partial charge in [-0.25, -0.2) is 9.59 Å². The molecule has 0 unspecified atom stereocenters. The third-order valence-electron chi connectivity index (χ3n) is 4.14. The fourth-order valence-electron chi connectivity index (χ4n) is 2.73. The molecule has 6 N–H and O–H groups in total. The first-order valence-electron chi connectivity index (χ1n) is 8.93. The molecule has 0 fully saturated rings. The van der Waals surface area contributed by atoms with Crippen LogP contribution in [0.3, 0.4) is 0 Å². The zero-order valence-corrected chi connectivity index (χ0v) is 17.7. The maximum Gasteiger partial charge on any atom is 2.00 e. The van der Waals surface area contributed by atoms with Crippen molar-refractivity contribution < 1.29 is 67.2 Å². The van der Waals surface area contributed by atoms with Crippen molar-refractivity contribution in [1.29, 1.82) is 0 Å². The molecule has 2 aromatic carbocycles. The van der Waals surface area contributed by atoms with Crippen LogP contribution >= 0.6 is 0 Å². The minimum absolute atomic E-state index is 0. The number of carboxylic acids is 2. The number of hydrogen-bond donors (Lipinski definition) is 6. The zero-order chi connectivity index (χ0) is 23.2. The molecule has 0 saturated carbocycles. The van der Waals surface area contributed by atoms with Gasteiger partial charge in [-0.05, 0) is 36.1 Å². The minimum Gasteiger partial charge on any atom is -0.870 e. The summed E-state index contributed by atoms with van der Waals surface area (Å²) in [5.74, 6) is -7.17. The first-order valence-corrected chi connectivity index (χ1v) is 8.93. The zero-order valence-electron chi connectivity index (χ0n) is 16.6. The van der Waals surface area contributed by atoms with Crippen LogP contribution in [0.1, 0.15) is 58.5 Å². The molecule has 2 rings (SSSR count). The first kappa shape index (κ1) is 27.7. The quantitative estimate of drug-likeness (QED) is 0.329. The Bertz CT molecular complexity index is 878. The van der Waals surface area contributed by atoms with Crippen molar-refractivity contribution in [2.24, 2.45) is 0 Å². The monoisotopic (exact) mass is 481 g/mol. The topological polar surface area (TPSA) is 202 Å². The molecule has 0 aliphatic rings. The fourth-order valence-corrected chi connectivity index (χ4v) is 2.73. The number of phenols is 4. The summed E-state index contributed by atoms with van der Waals surface area (Å²) < 4.78 is 0. The van der Waals surface area contributed by atoms with Gasteiger partial charge in [0.2, 0.25) is 0 Å². The van der Waals surface area contributed by atoms with Crippen molar-refractivity contribution in [1.82, 2.24) is 0 Å². The predicted molar refractivity (Wildman–Crippen MR) is 100 cm³/mol. The van der Waals surface area contributed by atoms with Crippen LogP contribution in [-0.2, 0) is 29.6 Å². The Balaban J connectivity index is 0.000000562. The van der Waals surface area contributed by atoms with Crippen LogP contribution < -0.4 is 10.2 Å². The van der Waals surface area contributed by atoms with E-state index in [1.165, 1.54) is 0 Å².